The van der Waals surface area contributed by atoms with Crippen LogP contribution >= 0.6 is 11.3 Å². The van der Waals surface area contributed by atoms with Gasteiger partial charge < -0.3 is 10.6 Å². The molecule has 1 aromatic carbocycles. The number of nitrogen functional groups attached to an aromatic ring is 1. The maximum absolute atomic E-state index is 12.1. The van der Waals surface area contributed by atoms with Gasteiger partial charge in [-0.3, -0.25) is 4.79 Å². The summed E-state index contributed by atoms with van der Waals surface area (Å²) in [6, 6.07) is 8.16. The number of amides is 1. The highest BCUT2D eigenvalue weighted by Gasteiger charge is 2.12. The fourth-order valence-corrected chi connectivity index (χ4v) is 2.43. The summed E-state index contributed by atoms with van der Waals surface area (Å²) in [5.74, 6) is 0.0480. The Kier molecular flexibility index (Phi) is 4.16. The van der Waals surface area contributed by atoms with Gasteiger partial charge in [-0.15, -0.1) is 11.3 Å². The minimum absolute atomic E-state index is 0.0480. The van der Waals surface area contributed by atoms with Gasteiger partial charge in [-0.05, 0) is 12.5 Å². The van der Waals surface area contributed by atoms with Crippen LogP contribution in [-0.4, -0.2) is 22.8 Å². The van der Waals surface area contributed by atoms with Crippen molar-refractivity contribution in [2.45, 2.75) is 19.9 Å². The van der Waals surface area contributed by atoms with E-state index in [4.69, 9.17) is 5.73 Å². The van der Waals surface area contributed by atoms with Gasteiger partial charge in [0.25, 0.3) is 0 Å². The van der Waals surface area contributed by atoms with E-state index < -0.39 is 0 Å². The van der Waals surface area contributed by atoms with Crippen molar-refractivity contribution in [1.82, 2.24) is 9.88 Å². The summed E-state index contributed by atoms with van der Waals surface area (Å²) in [7, 11) is 1.81. The summed E-state index contributed by atoms with van der Waals surface area (Å²) in [4.78, 5) is 17.9. The number of carbonyl (C=O) groups excluding carboxylic acids is 1. The van der Waals surface area contributed by atoms with E-state index in [-0.39, 0.29) is 5.91 Å². The summed E-state index contributed by atoms with van der Waals surface area (Å²) in [5.41, 5.74) is 8.63. The zero-order chi connectivity index (χ0) is 13.8. The molecule has 100 valence electrons. The van der Waals surface area contributed by atoms with Crippen molar-refractivity contribution in [3.8, 4) is 0 Å². The number of nitrogens with zero attached hydrogens (tertiary/aromatic N) is 2. The molecule has 0 aliphatic heterocycles. The highest BCUT2D eigenvalue weighted by Crippen LogP contribution is 2.13. The monoisotopic (exact) mass is 275 g/mol. The predicted molar refractivity (Wildman–Crippen MR) is 77.9 cm³/mol. The first-order valence-corrected chi connectivity index (χ1v) is 6.92. The fourth-order valence-electron chi connectivity index (χ4n) is 1.87. The molecular formula is C14H17N3OS. The molecule has 0 aliphatic carbocycles. The molecule has 0 bridgehead atoms. The van der Waals surface area contributed by atoms with Crippen molar-refractivity contribution in [2.75, 3.05) is 12.8 Å². The van der Waals surface area contributed by atoms with Crippen LogP contribution in [0.5, 0.6) is 0 Å². The SMILES string of the molecule is Cc1cccc(CN(C)C(=O)Cc2csc(N)n2)c1. The summed E-state index contributed by atoms with van der Waals surface area (Å²) in [6.07, 6.45) is 0.302. The first-order valence-electron chi connectivity index (χ1n) is 6.04. The number of anilines is 1. The van der Waals surface area contributed by atoms with Crippen molar-refractivity contribution in [1.29, 1.82) is 0 Å². The van der Waals surface area contributed by atoms with Crippen LogP contribution in [0.15, 0.2) is 29.6 Å². The second-order valence-corrected chi connectivity index (χ2v) is 5.48. The van der Waals surface area contributed by atoms with E-state index in [2.05, 4.69) is 11.1 Å². The van der Waals surface area contributed by atoms with Crippen LogP contribution in [0.3, 0.4) is 0 Å². The highest BCUT2D eigenvalue weighted by atomic mass is 32.1. The lowest BCUT2D eigenvalue weighted by Crippen LogP contribution is -2.27. The number of nitrogens with two attached hydrogens (primary N) is 1. The van der Waals surface area contributed by atoms with E-state index in [9.17, 15) is 4.79 Å². The maximum atomic E-state index is 12.1. The second-order valence-electron chi connectivity index (χ2n) is 4.59. The number of thiazole rings is 1. The van der Waals surface area contributed by atoms with Gasteiger partial charge >= 0.3 is 0 Å². The molecule has 1 aromatic heterocycles. The second kappa shape index (κ2) is 5.84. The van der Waals surface area contributed by atoms with Crippen LogP contribution in [0, 0.1) is 6.92 Å². The molecule has 2 N–H and O–H groups in total. The number of hydrogen-bond donors (Lipinski definition) is 1. The Morgan fingerprint density at radius 1 is 1.47 bits per heavy atom. The van der Waals surface area contributed by atoms with Gasteiger partial charge in [0, 0.05) is 19.0 Å². The van der Waals surface area contributed by atoms with Crippen molar-refractivity contribution in [3.63, 3.8) is 0 Å². The topological polar surface area (TPSA) is 59.2 Å². The molecule has 0 unspecified atom stereocenters. The Balaban J connectivity index is 1.96. The Hall–Kier alpha value is -1.88. The molecule has 0 fully saturated rings. The first kappa shape index (κ1) is 13.5. The van der Waals surface area contributed by atoms with Crippen LogP contribution in [0.4, 0.5) is 5.13 Å². The molecule has 1 amide bonds. The smallest absolute Gasteiger partial charge is 0.228 e. The molecule has 0 atom stereocenters. The molecule has 4 nitrogen and oxygen atoms in total. The highest BCUT2D eigenvalue weighted by molar-refractivity contribution is 7.13. The number of aryl methyl sites for hydroxylation is 1. The molecular weight excluding hydrogens is 258 g/mol. The minimum atomic E-state index is 0.0480. The van der Waals surface area contributed by atoms with Gasteiger partial charge in [0.2, 0.25) is 5.91 Å². The third-order valence-electron chi connectivity index (χ3n) is 2.83. The molecule has 0 aliphatic rings. The number of hydrogen-bond acceptors (Lipinski definition) is 4. The summed E-state index contributed by atoms with van der Waals surface area (Å²) < 4.78 is 0. The fraction of sp³-hybridized carbons (Fsp3) is 0.286. The van der Waals surface area contributed by atoms with Crippen LogP contribution < -0.4 is 5.73 Å². The van der Waals surface area contributed by atoms with Gasteiger partial charge in [0.1, 0.15) is 0 Å². The Morgan fingerprint density at radius 3 is 2.89 bits per heavy atom. The van der Waals surface area contributed by atoms with Gasteiger partial charge in [-0.2, -0.15) is 0 Å². The van der Waals surface area contributed by atoms with E-state index in [1.54, 1.807) is 11.9 Å². The van der Waals surface area contributed by atoms with Crippen molar-refractivity contribution in [2.24, 2.45) is 0 Å². The summed E-state index contributed by atoms with van der Waals surface area (Å²) in [5, 5.41) is 2.33. The van der Waals surface area contributed by atoms with E-state index >= 15 is 0 Å². The van der Waals surface area contributed by atoms with E-state index in [1.807, 2.05) is 30.5 Å². The molecule has 2 aromatic rings. The number of carbonyl (C=O) groups is 1. The molecule has 1 heterocycles. The molecule has 5 heteroatoms. The number of benzene rings is 1. The summed E-state index contributed by atoms with van der Waals surface area (Å²) in [6.45, 7) is 2.66. The number of aromatic nitrogens is 1. The average molecular weight is 275 g/mol. The van der Waals surface area contributed by atoms with Crippen molar-refractivity contribution >= 4 is 22.4 Å². The molecule has 19 heavy (non-hydrogen) atoms. The van der Waals surface area contributed by atoms with E-state index in [0.717, 1.165) is 11.3 Å². The van der Waals surface area contributed by atoms with E-state index in [0.29, 0.717) is 18.1 Å². The number of rotatable bonds is 4. The van der Waals surface area contributed by atoms with Crippen molar-refractivity contribution < 1.29 is 4.79 Å². The van der Waals surface area contributed by atoms with E-state index in [1.165, 1.54) is 16.9 Å². The molecule has 0 radical (unpaired) electrons. The molecule has 0 spiro atoms. The van der Waals surface area contributed by atoms with Crippen molar-refractivity contribution in [3.05, 3.63) is 46.5 Å². The third kappa shape index (κ3) is 3.79. The third-order valence-corrected chi connectivity index (χ3v) is 3.55. The lowest BCUT2D eigenvalue weighted by Gasteiger charge is -2.17. The average Bonchev–Trinajstić information content (AvgIpc) is 2.74. The zero-order valence-electron chi connectivity index (χ0n) is 11.1. The van der Waals surface area contributed by atoms with Gasteiger partial charge in [0.15, 0.2) is 5.13 Å². The lowest BCUT2D eigenvalue weighted by molar-refractivity contribution is -0.129. The first-order chi connectivity index (χ1) is 9.04. The maximum Gasteiger partial charge on any atom is 0.228 e. The quantitative estimate of drug-likeness (QED) is 0.931. The minimum Gasteiger partial charge on any atom is -0.375 e. The summed E-state index contributed by atoms with van der Waals surface area (Å²) >= 11 is 1.36. The Labute approximate surface area is 116 Å². The van der Waals surface area contributed by atoms with Gasteiger partial charge in [0.05, 0.1) is 12.1 Å². The van der Waals surface area contributed by atoms with Gasteiger partial charge in [-0.1, -0.05) is 29.8 Å². The van der Waals surface area contributed by atoms with Crippen LogP contribution in [0.1, 0.15) is 16.8 Å². The van der Waals surface area contributed by atoms with Crippen LogP contribution in [0.25, 0.3) is 0 Å². The molecule has 0 saturated carbocycles. The molecule has 2 rings (SSSR count). The van der Waals surface area contributed by atoms with Crippen LogP contribution in [0.2, 0.25) is 0 Å². The predicted octanol–water partition coefficient (Wildman–Crippen LogP) is 2.23. The number of likely N-dealkylation sites (N-methyl/N-ethyl adjacent to an activating group) is 1. The van der Waals surface area contributed by atoms with Gasteiger partial charge in [-0.25, -0.2) is 4.98 Å². The standard InChI is InChI=1S/C14H17N3OS/c1-10-4-3-5-11(6-10)8-17(2)13(18)7-12-9-19-14(15)16-12/h3-6,9H,7-8H2,1-2H3,(H2,15,16). The Morgan fingerprint density at radius 2 is 2.26 bits per heavy atom. The lowest BCUT2D eigenvalue weighted by atomic mass is 10.1. The largest absolute Gasteiger partial charge is 0.375 e. The molecule has 0 saturated heterocycles. The Bertz CT molecular complexity index is 580. The normalized spacial score (nSPS) is 10.4. The zero-order valence-corrected chi connectivity index (χ0v) is 11.9. The van der Waals surface area contributed by atoms with Crippen LogP contribution in [-0.2, 0) is 17.8 Å².